The van der Waals surface area contributed by atoms with Gasteiger partial charge >= 0.3 is 0 Å². The van der Waals surface area contributed by atoms with Crippen molar-refractivity contribution >= 4 is 24.0 Å². The molecule has 0 saturated heterocycles. The number of hydrogen-bond acceptors (Lipinski definition) is 4. The molecule has 3 N–H and O–H groups in total. The van der Waals surface area contributed by atoms with Crippen molar-refractivity contribution in [3.8, 4) is 5.75 Å². The van der Waals surface area contributed by atoms with Crippen LogP contribution in [0, 0.1) is 5.41 Å². The van der Waals surface area contributed by atoms with Crippen LogP contribution in [0.3, 0.4) is 0 Å². The van der Waals surface area contributed by atoms with Gasteiger partial charge in [0.2, 0.25) is 5.91 Å². The lowest BCUT2D eigenvalue weighted by molar-refractivity contribution is -0.118. The Morgan fingerprint density at radius 1 is 1.17 bits per heavy atom. The van der Waals surface area contributed by atoms with Crippen molar-refractivity contribution in [3.63, 3.8) is 0 Å². The summed E-state index contributed by atoms with van der Waals surface area (Å²) in [6, 6.07) is 7.42. The fourth-order valence-electron chi connectivity index (χ4n) is 3.18. The molecule has 1 saturated carbocycles. The van der Waals surface area contributed by atoms with Crippen LogP contribution in [-0.4, -0.2) is 32.8 Å². The van der Waals surface area contributed by atoms with E-state index in [4.69, 9.17) is 15.2 Å². The fourth-order valence-corrected chi connectivity index (χ4v) is 3.18. The molecule has 6 heteroatoms. The zero-order valence-electron chi connectivity index (χ0n) is 14.4. The van der Waals surface area contributed by atoms with Gasteiger partial charge in [-0.05, 0) is 49.1 Å². The maximum atomic E-state index is 12.3. The third kappa shape index (κ3) is 6.30. The Labute approximate surface area is 150 Å². The number of carbonyl (C=O) groups is 1. The van der Waals surface area contributed by atoms with Gasteiger partial charge in [-0.15, -0.1) is 12.4 Å². The van der Waals surface area contributed by atoms with E-state index in [1.807, 2.05) is 24.3 Å². The van der Waals surface area contributed by atoms with Crippen molar-refractivity contribution in [1.29, 1.82) is 0 Å². The summed E-state index contributed by atoms with van der Waals surface area (Å²) in [7, 11) is 1.64. The van der Waals surface area contributed by atoms with E-state index in [-0.39, 0.29) is 23.7 Å². The molecule has 0 unspecified atom stereocenters. The summed E-state index contributed by atoms with van der Waals surface area (Å²) in [5.41, 5.74) is 6.73. The molecule has 2 rings (SSSR count). The smallest absolute Gasteiger partial charge is 0.224 e. The molecule has 0 atom stereocenters. The normalized spacial score (nSPS) is 16.1. The molecule has 1 aliphatic carbocycles. The first-order valence-electron chi connectivity index (χ1n) is 8.39. The SMILES string of the molecule is COCCOc1ccc(NC(=O)CC2(CN)CCCCC2)cc1.Cl. The zero-order chi connectivity index (χ0) is 16.5. The lowest BCUT2D eigenvalue weighted by atomic mass is 9.71. The summed E-state index contributed by atoms with van der Waals surface area (Å²) in [6.07, 6.45) is 6.24. The number of nitrogens with one attached hydrogen (secondary N) is 1. The minimum Gasteiger partial charge on any atom is -0.491 e. The molecule has 0 radical (unpaired) electrons. The van der Waals surface area contributed by atoms with E-state index in [1.54, 1.807) is 7.11 Å². The number of hydrogen-bond donors (Lipinski definition) is 2. The number of rotatable bonds is 8. The molecule has 5 nitrogen and oxygen atoms in total. The first kappa shape index (κ1) is 20.7. The van der Waals surface area contributed by atoms with E-state index in [1.165, 1.54) is 19.3 Å². The Hall–Kier alpha value is -1.30. The van der Waals surface area contributed by atoms with Crippen molar-refractivity contribution in [3.05, 3.63) is 24.3 Å². The van der Waals surface area contributed by atoms with Crippen LogP contribution in [0.4, 0.5) is 5.69 Å². The molecular weight excluding hydrogens is 328 g/mol. The van der Waals surface area contributed by atoms with E-state index in [0.29, 0.717) is 26.2 Å². The van der Waals surface area contributed by atoms with Crippen LogP contribution in [0.1, 0.15) is 38.5 Å². The molecule has 0 aromatic heterocycles. The van der Waals surface area contributed by atoms with Crippen molar-refractivity contribution < 1.29 is 14.3 Å². The maximum absolute atomic E-state index is 12.3. The van der Waals surface area contributed by atoms with Crippen LogP contribution < -0.4 is 15.8 Å². The third-order valence-corrected chi connectivity index (χ3v) is 4.58. The van der Waals surface area contributed by atoms with E-state index in [9.17, 15) is 4.79 Å². The first-order chi connectivity index (χ1) is 11.2. The van der Waals surface area contributed by atoms with E-state index in [0.717, 1.165) is 24.3 Å². The summed E-state index contributed by atoms with van der Waals surface area (Å²) in [5.74, 6) is 0.816. The minimum absolute atomic E-state index is 0. The van der Waals surface area contributed by atoms with Gasteiger partial charge in [-0.3, -0.25) is 4.79 Å². The minimum atomic E-state index is -0.00840. The number of carbonyl (C=O) groups excluding carboxylic acids is 1. The number of benzene rings is 1. The summed E-state index contributed by atoms with van der Waals surface area (Å²) < 4.78 is 10.4. The summed E-state index contributed by atoms with van der Waals surface area (Å²) >= 11 is 0. The van der Waals surface area contributed by atoms with Crippen LogP contribution >= 0.6 is 12.4 Å². The van der Waals surface area contributed by atoms with Crippen LogP contribution in [0.15, 0.2) is 24.3 Å². The van der Waals surface area contributed by atoms with Crippen LogP contribution in [0.5, 0.6) is 5.75 Å². The lowest BCUT2D eigenvalue weighted by Crippen LogP contribution is -2.36. The predicted octanol–water partition coefficient (Wildman–Crippen LogP) is 3.37. The Kier molecular flexibility index (Phi) is 9.11. The van der Waals surface area contributed by atoms with Crippen LogP contribution in [-0.2, 0) is 9.53 Å². The van der Waals surface area contributed by atoms with Gasteiger partial charge in [0.15, 0.2) is 0 Å². The Morgan fingerprint density at radius 3 is 2.42 bits per heavy atom. The summed E-state index contributed by atoms with van der Waals surface area (Å²) in [4.78, 5) is 12.3. The Bertz CT molecular complexity index is 488. The van der Waals surface area contributed by atoms with Crippen molar-refractivity contribution in [1.82, 2.24) is 0 Å². The third-order valence-electron chi connectivity index (χ3n) is 4.58. The first-order valence-corrected chi connectivity index (χ1v) is 8.39. The molecule has 1 amide bonds. The molecule has 0 spiro atoms. The maximum Gasteiger partial charge on any atom is 0.224 e. The topological polar surface area (TPSA) is 73.6 Å². The quantitative estimate of drug-likeness (QED) is 0.700. The highest BCUT2D eigenvalue weighted by molar-refractivity contribution is 5.91. The van der Waals surface area contributed by atoms with Gasteiger partial charge in [-0.25, -0.2) is 0 Å². The average molecular weight is 357 g/mol. The zero-order valence-corrected chi connectivity index (χ0v) is 15.2. The van der Waals surface area contributed by atoms with Crippen LogP contribution in [0.25, 0.3) is 0 Å². The van der Waals surface area contributed by atoms with Gasteiger partial charge in [0.1, 0.15) is 12.4 Å². The summed E-state index contributed by atoms with van der Waals surface area (Å²) in [5, 5.41) is 2.97. The molecular formula is C18H29ClN2O3. The second-order valence-electron chi connectivity index (χ2n) is 6.36. The summed E-state index contributed by atoms with van der Waals surface area (Å²) in [6.45, 7) is 1.66. The molecule has 1 aromatic rings. The molecule has 0 aliphatic heterocycles. The van der Waals surface area contributed by atoms with E-state index < -0.39 is 0 Å². The monoisotopic (exact) mass is 356 g/mol. The molecule has 136 valence electrons. The Morgan fingerprint density at radius 2 is 1.83 bits per heavy atom. The molecule has 1 aliphatic rings. The van der Waals surface area contributed by atoms with Crippen molar-refractivity contribution in [2.75, 3.05) is 32.2 Å². The van der Waals surface area contributed by atoms with Crippen LogP contribution in [0.2, 0.25) is 0 Å². The second kappa shape index (κ2) is 10.5. The van der Waals surface area contributed by atoms with E-state index >= 15 is 0 Å². The second-order valence-corrected chi connectivity index (χ2v) is 6.36. The molecule has 24 heavy (non-hydrogen) atoms. The lowest BCUT2D eigenvalue weighted by Gasteiger charge is -2.35. The predicted molar refractivity (Wildman–Crippen MR) is 98.9 cm³/mol. The van der Waals surface area contributed by atoms with Gasteiger partial charge in [-0.2, -0.15) is 0 Å². The molecule has 0 bridgehead atoms. The number of amides is 1. The molecule has 1 fully saturated rings. The number of anilines is 1. The number of halogens is 1. The fraction of sp³-hybridized carbons (Fsp3) is 0.611. The largest absolute Gasteiger partial charge is 0.491 e. The number of methoxy groups -OCH3 is 1. The van der Waals surface area contributed by atoms with Gasteiger partial charge < -0.3 is 20.5 Å². The average Bonchev–Trinajstić information content (AvgIpc) is 2.57. The van der Waals surface area contributed by atoms with Gasteiger partial charge in [0.05, 0.1) is 6.61 Å². The highest BCUT2D eigenvalue weighted by Crippen LogP contribution is 2.38. The van der Waals surface area contributed by atoms with Gasteiger partial charge in [-0.1, -0.05) is 19.3 Å². The molecule has 1 aromatic carbocycles. The number of nitrogens with two attached hydrogens (primary N) is 1. The van der Waals surface area contributed by atoms with Gasteiger partial charge in [0, 0.05) is 19.2 Å². The van der Waals surface area contributed by atoms with Gasteiger partial charge in [0.25, 0.3) is 0 Å². The van der Waals surface area contributed by atoms with Crippen molar-refractivity contribution in [2.24, 2.45) is 11.1 Å². The number of ether oxygens (including phenoxy) is 2. The van der Waals surface area contributed by atoms with Crippen molar-refractivity contribution in [2.45, 2.75) is 38.5 Å². The molecule has 0 heterocycles. The highest BCUT2D eigenvalue weighted by Gasteiger charge is 2.32. The van der Waals surface area contributed by atoms with E-state index in [2.05, 4.69) is 5.32 Å². The Balaban J connectivity index is 0.00000288. The highest BCUT2D eigenvalue weighted by atomic mass is 35.5. The standard InChI is InChI=1S/C18H28N2O3.ClH/c1-22-11-12-23-16-7-5-15(6-8-16)20-17(21)13-18(14-19)9-3-2-4-10-18;/h5-8H,2-4,9-14,19H2,1H3,(H,20,21);1H.